The zero-order chi connectivity index (χ0) is 28.9. The van der Waals surface area contributed by atoms with Crippen molar-refractivity contribution in [3.63, 3.8) is 0 Å². The first-order chi connectivity index (χ1) is 19.0. The summed E-state index contributed by atoms with van der Waals surface area (Å²) < 4.78 is 29.6. The first-order valence-corrected chi connectivity index (χ1v) is 15.3. The van der Waals surface area contributed by atoms with Gasteiger partial charge in [-0.15, -0.1) is 0 Å². The number of amides is 1. The molecule has 212 valence electrons. The molecule has 0 spiro atoms. The Labute approximate surface area is 249 Å². The fourth-order valence-corrected chi connectivity index (χ4v) is 5.51. The number of piperidine rings is 1. The average molecular weight is 624 g/mol. The lowest BCUT2D eigenvalue weighted by atomic mass is 10.0. The highest BCUT2D eigenvalue weighted by Crippen LogP contribution is 2.39. The van der Waals surface area contributed by atoms with E-state index in [-0.39, 0.29) is 16.8 Å². The lowest BCUT2D eigenvalue weighted by Crippen LogP contribution is -2.47. The maximum atomic E-state index is 12.9. The van der Waals surface area contributed by atoms with E-state index in [0.717, 1.165) is 37.1 Å². The Morgan fingerprint density at radius 1 is 0.925 bits per heavy atom. The molecule has 40 heavy (non-hydrogen) atoms. The molecule has 1 fully saturated rings. The molecule has 0 radical (unpaired) electrons. The molecular weight excluding hydrogens is 595 g/mol. The van der Waals surface area contributed by atoms with Gasteiger partial charge in [0.05, 0.1) is 21.6 Å². The number of hydrazine groups is 1. The number of aryl methyl sites for hydroxylation is 1. The Balaban J connectivity index is 0.000000283. The lowest BCUT2D eigenvalue weighted by molar-refractivity contribution is -0.119. The van der Waals surface area contributed by atoms with Gasteiger partial charge in [-0.3, -0.25) is 19.8 Å². The summed E-state index contributed by atoms with van der Waals surface area (Å²) in [5.74, 6) is -0.168. The Kier molecular flexibility index (Phi) is 10.1. The number of rotatable bonds is 5. The van der Waals surface area contributed by atoms with Crippen LogP contribution in [-0.2, 0) is 14.9 Å². The first-order valence-electron chi connectivity index (χ1n) is 12.7. The molecule has 12 heteroatoms. The number of halogens is 3. The third-order valence-corrected chi connectivity index (χ3v) is 8.18. The second kappa shape index (κ2) is 13.3. The van der Waals surface area contributed by atoms with Gasteiger partial charge in [0, 0.05) is 29.6 Å². The minimum atomic E-state index is -4.02. The average Bonchev–Trinajstić information content (AvgIpc) is 3.35. The van der Waals surface area contributed by atoms with Crippen molar-refractivity contribution < 1.29 is 17.8 Å². The smallest absolute Gasteiger partial charge is 0.284 e. The Morgan fingerprint density at radius 3 is 2.15 bits per heavy atom. The molecular formula is C28H29Cl3N4O4S. The third kappa shape index (κ3) is 7.96. The van der Waals surface area contributed by atoms with Gasteiger partial charge in [0.25, 0.3) is 16.0 Å². The SMILES string of the molecule is Cc1ccc(S(=O)(=O)O)cc1.O=C(NN1CCCCC1)C1=NN(c2ccc(Cl)cc2Cl)[C@H](c2ccc(Cl)cc2)C1. The molecule has 3 aromatic carbocycles. The van der Waals surface area contributed by atoms with Crippen molar-refractivity contribution in [2.24, 2.45) is 5.10 Å². The van der Waals surface area contributed by atoms with Crippen LogP contribution in [0.25, 0.3) is 0 Å². The summed E-state index contributed by atoms with van der Waals surface area (Å²) in [7, 11) is -4.02. The van der Waals surface area contributed by atoms with Crippen LogP contribution in [0.2, 0.25) is 15.1 Å². The van der Waals surface area contributed by atoms with Gasteiger partial charge in [-0.25, -0.2) is 5.01 Å². The molecule has 2 aliphatic rings. The molecule has 0 unspecified atom stereocenters. The van der Waals surface area contributed by atoms with E-state index in [4.69, 9.17) is 39.4 Å². The summed E-state index contributed by atoms with van der Waals surface area (Å²) in [4.78, 5) is 12.8. The number of nitrogens with one attached hydrogen (secondary N) is 1. The number of benzene rings is 3. The van der Waals surface area contributed by atoms with Gasteiger partial charge in [-0.05, 0) is 67.8 Å². The van der Waals surface area contributed by atoms with Gasteiger partial charge in [-0.1, -0.05) is 71.1 Å². The summed E-state index contributed by atoms with van der Waals surface area (Å²) in [6, 6.07) is 18.7. The van der Waals surface area contributed by atoms with Crippen LogP contribution in [0.15, 0.2) is 76.7 Å². The minimum Gasteiger partial charge on any atom is -0.284 e. The topological polar surface area (TPSA) is 102 Å². The predicted octanol–water partition coefficient (Wildman–Crippen LogP) is 6.71. The Bertz CT molecular complexity index is 1480. The molecule has 0 aromatic heterocycles. The first kappa shape index (κ1) is 30.3. The van der Waals surface area contributed by atoms with E-state index in [1.807, 2.05) is 42.3 Å². The van der Waals surface area contributed by atoms with Crippen LogP contribution in [0.5, 0.6) is 0 Å². The van der Waals surface area contributed by atoms with E-state index < -0.39 is 10.1 Å². The molecule has 0 aliphatic carbocycles. The van der Waals surface area contributed by atoms with Gasteiger partial charge in [-0.2, -0.15) is 13.5 Å². The van der Waals surface area contributed by atoms with Gasteiger partial charge >= 0.3 is 0 Å². The highest BCUT2D eigenvalue weighted by atomic mass is 35.5. The van der Waals surface area contributed by atoms with Gasteiger partial charge in [0.2, 0.25) is 0 Å². The van der Waals surface area contributed by atoms with Gasteiger partial charge in [0.1, 0.15) is 5.71 Å². The molecule has 1 atom stereocenters. The minimum absolute atomic E-state index is 0.0666. The van der Waals surface area contributed by atoms with Gasteiger partial charge < -0.3 is 0 Å². The van der Waals surface area contributed by atoms with Crippen molar-refractivity contribution in [3.05, 3.63) is 92.9 Å². The van der Waals surface area contributed by atoms with Crippen molar-refractivity contribution in [3.8, 4) is 0 Å². The fourth-order valence-electron chi connectivity index (χ4n) is 4.41. The molecule has 2 N–H and O–H groups in total. The quantitative estimate of drug-likeness (QED) is 0.306. The van der Waals surface area contributed by atoms with Crippen molar-refractivity contribution in [2.45, 2.75) is 43.5 Å². The molecule has 1 saturated heterocycles. The number of hydrazone groups is 1. The van der Waals surface area contributed by atoms with Crippen molar-refractivity contribution in [1.29, 1.82) is 0 Å². The summed E-state index contributed by atoms with van der Waals surface area (Å²) in [5, 5.41) is 10.1. The fraction of sp³-hybridized carbons (Fsp3) is 0.286. The van der Waals surface area contributed by atoms with E-state index in [0.29, 0.717) is 32.9 Å². The summed E-state index contributed by atoms with van der Waals surface area (Å²) in [6.45, 7) is 3.58. The highest BCUT2D eigenvalue weighted by molar-refractivity contribution is 7.85. The van der Waals surface area contributed by atoms with E-state index in [1.165, 1.54) is 18.6 Å². The number of nitrogens with zero attached hydrogens (tertiary/aromatic N) is 3. The maximum Gasteiger partial charge on any atom is 0.294 e. The monoisotopic (exact) mass is 622 g/mol. The molecule has 2 aliphatic heterocycles. The zero-order valence-corrected chi connectivity index (χ0v) is 24.8. The van der Waals surface area contributed by atoms with Crippen molar-refractivity contribution in [1.82, 2.24) is 10.4 Å². The second-order valence-electron chi connectivity index (χ2n) is 9.54. The van der Waals surface area contributed by atoms with E-state index >= 15 is 0 Å². The van der Waals surface area contributed by atoms with Crippen LogP contribution in [-0.4, -0.2) is 42.7 Å². The van der Waals surface area contributed by atoms with Crippen molar-refractivity contribution in [2.75, 3.05) is 18.1 Å². The molecule has 0 saturated carbocycles. The molecule has 0 bridgehead atoms. The van der Waals surface area contributed by atoms with E-state index in [2.05, 4.69) is 10.5 Å². The number of hydrogen-bond acceptors (Lipinski definition) is 6. The molecule has 8 nitrogen and oxygen atoms in total. The predicted molar refractivity (Wildman–Crippen MR) is 160 cm³/mol. The summed E-state index contributed by atoms with van der Waals surface area (Å²) in [6.07, 6.45) is 3.86. The van der Waals surface area contributed by atoms with Crippen LogP contribution in [0.3, 0.4) is 0 Å². The number of anilines is 1. The number of carbonyl (C=O) groups is 1. The van der Waals surface area contributed by atoms with Crippen LogP contribution in [0.4, 0.5) is 5.69 Å². The maximum absolute atomic E-state index is 12.9. The highest BCUT2D eigenvalue weighted by Gasteiger charge is 2.34. The Hall–Kier alpha value is -2.66. The van der Waals surface area contributed by atoms with E-state index in [9.17, 15) is 13.2 Å². The molecule has 1 amide bonds. The van der Waals surface area contributed by atoms with E-state index in [1.54, 1.807) is 29.3 Å². The zero-order valence-electron chi connectivity index (χ0n) is 21.7. The second-order valence-corrected chi connectivity index (χ2v) is 12.2. The summed E-state index contributed by atoms with van der Waals surface area (Å²) >= 11 is 18.6. The molecule has 5 rings (SSSR count). The van der Waals surface area contributed by atoms with Crippen LogP contribution >= 0.6 is 34.8 Å². The van der Waals surface area contributed by atoms with Crippen molar-refractivity contribution >= 4 is 62.2 Å². The standard InChI is InChI=1S/C21H21Cl3N4O.C7H8O3S/c22-15-6-4-14(5-7-15)20-13-18(21(29)26-27-10-2-1-3-11-27)25-28(20)19-9-8-16(23)12-17(19)24;1-6-2-4-7(5-3-6)11(8,9)10/h4-9,12,20H,1-3,10-11,13H2,(H,26,29);2-5H,1H3,(H,8,9,10)/t20-;/m0./s1. The van der Waals surface area contributed by atoms with Crippen LogP contribution in [0, 0.1) is 6.92 Å². The number of hydrogen-bond donors (Lipinski definition) is 2. The van der Waals surface area contributed by atoms with Gasteiger partial charge in [0.15, 0.2) is 0 Å². The van der Waals surface area contributed by atoms with Crippen LogP contribution < -0.4 is 10.4 Å². The summed E-state index contributed by atoms with van der Waals surface area (Å²) in [5.41, 5.74) is 6.14. The van der Waals surface area contributed by atoms with Crippen LogP contribution in [0.1, 0.15) is 42.9 Å². The number of carbonyl (C=O) groups excluding carboxylic acids is 1. The molecule has 3 aromatic rings. The lowest BCUT2D eigenvalue weighted by Gasteiger charge is -2.26. The largest absolute Gasteiger partial charge is 0.294 e. The normalized spacial score (nSPS) is 17.6. The molecule has 2 heterocycles. The third-order valence-electron chi connectivity index (χ3n) is 6.52. The Morgan fingerprint density at radius 2 is 1.55 bits per heavy atom.